The van der Waals surface area contributed by atoms with Gasteiger partial charge in [0, 0.05) is 11.0 Å². The molecular weight excluding hydrogens is 246 g/mol. The first kappa shape index (κ1) is 13.9. The van der Waals surface area contributed by atoms with E-state index in [2.05, 4.69) is 37.4 Å². The largest absolute Gasteiger partial charge is 0.494 e. The van der Waals surface area contributed by atoms with Crippen LogP contribution >= 0.6 is 0 Å². The molecule has 1 aliphatic heterocycles. The van der Waals surface area contributed by atoms with Crippen molar-refractivity contribution in [3.63, 3.8) is 0 Å². The number of aryl methyl sites for hydroxylation is 1. The van der Waals surface area contributed by atoms with Gasteiger partial charge in [-0.25, -0.2) is 0 Å². The minimum Gasteiger partial charge on any atom is -0.494 e. The van der Waals surface area contributed by atoms with Crippen LogP contribution in [0.2, 0.25) is 0 Å². The Labute approximate surface area is 122 Å². The number of ether oxygens (including phenoxy) is 1. The Bertz CT molecular complexity index is 466. The fourth-order valence-corrected chi connectivity index (χ4v) is 4.55. The van der Waals surface area contributed by atoms with Crippen molar-refractivity contribution in [2.24, 2.45) is 5.92 Å². The molecule has 2 heteroatoms. The predicted molar refractivity (Wildman–Crippen MR) is 83.5 cm³/mol. The van der Waals surface area contributed by atoms with E-state index in [0.717, 1.165) is 24.8 Å². The lowest BCUT2D eigenvalue weighted by Crippen LogP contribution is -2.50. The Morgan fingerprint density at radius 3 is 3.05 bits per heavy atom. The van der Waals surface area contributed by atoms with Gasteiger partial charge in [0.2, 0.25) is 0 Å². The number of hydrogen-bond donors (Lipinski definition) is 1. The highest BCUT2D eigenvalue weighted by Gasteiger charge is 2.46. The number of rotatable bonds is 4. The molecule has 2 unspecified atom stereocenters. The summed E-state index contributed by atoms with van der Waals surface area (Å²) in [7, 11) is 0. The lowest BCUT2D eigenvalue weighted by Gasteiger charge is -2.49. The molecule has 0 bridgehead atoms. The van der Waals surface area contributed by atoms with Crippen molar-refractivity contribution in [3.05, 3.63) is 29.3 Å². The second-order valence-corrected chi connectivity index (χ2v) is 6.32. The van der Waals surface area contributed by atoms with Crippen molar-refractivity contribution < 1.29 is 4.74 Å². The maximum atomic E-state index is 6.00. The number of benzene rings is 1. The number of fused-ring (bicyclic) bond motifs is 3. The molecule has 0 saturated carbocycles. The Hall–Kier alpha value is -1.02. The van der Waals surface area contributed by atoms with E-state index >= 15 is 0 Å². The number of piperidine rings is 1. The zero-order valence-electron chi connectivity index (χ0n) is 12.9. The monoisotopic (exact) mass is 273 g/mol. The lowest BCUT2D eigenvalue weighted by molar-refractivity contribution is 0.154. The van der Waals surface area contributed by atoms with Crippen molar-refractivity contribution in [1.82, 2.24) is 5.32 Å². The van der Waals surface area contributed by atoms with E-state index in [-0.39, 0.29) is 0 Å². The molecule has 1 N–H and O–H groups in total. The number of nitrogens with one attached hydrogen (secondary N) is 1. The molecule has 2 aliphatic rings. The van der Waals surface area contributed by atoms with E-state index in [4.69, 9.17) is 4.74 Å². The van der Waals surface area contributed by atoms with Gasteiger partial charge in [0.05, 0.1) is 6.61 Å². The minimum atomic E-state index is 0.360. The molecule has 2 nitrogen and oxygen atoms in total. The first-order chi connectivity index (χ1) is 9.81. The van der Waals surface area contributed by atoms with E-state index in [1.54, 1.807) is 11.1 Å². The molecule has 1 aromatic carbocycles. The third-order valence-corrected chi connectivity index (χ3v) is 5.29. The molecule has 20 heavy (non-hydrogen) atoms. The SMILES string of the molecule is CCCC12CCNCC1CCc1cccc(OCC)c12. The second kappa shape index (κ2) is 5.77. The number of hydrogen-bond acceptors (Lipinski definition) is 2. The average Bonchev–Trinajstić information content (AvgIpc) is 2.47. The van der Waals surface area contributed by atoms with Crippen molar-refractivity contribution in [3.8, 4) is 5.75 Å². The van der Waals surface area contributed by atoms with Crippen molar-refractivity contribution in [2.45, 2.75) is 51.4 Å². The summed E-state index contributed by atoms with van der Waals surface area (Å²) in [6.07, 6.45) is 6.37. The third kappa shape index (κ3) is 2.14. The molecule has 0 spiro atoms. The molecule has 110 valence electrons. The molecule has 1 saturated heterocycles. The lowest BCUT2D eigenvalue weighted by atomic mass is 9.58. The molecule has 3 rings (SSSR count). The van der Waals surface area contributed by atoms with Gasteiger partial charge in [0.25, 0.3) is 0 Å². The molecular formula is C18H27NO. The summed E-state index contributed by atoms with van der Waals surface area (Å²) < 4.78 is 6.00. The van der Waals surface area contributed by atoms with E-state index in [9.17, 15) is 0 Å². The van der Waals surface area contributed by atoms with Crippen molar-refractivity contribution in [2.75, 3.05) is 19.7 Å². The van der Waals surface area contributed by atoms with Gasteiger partial charge < -0.3 is 10.1 Å². The molecule has 1 aromatic rings. The highest BCUT2D eigenvalue weighted by atomic mass is 16.5. The Morgan fingerprint density at radius 2 is 2.25 bits per heavy atom. The summed E-state index contributed by atoms with van der Waals surface area (Å²) in [5.41, 5.74) is 3.46. The first-order valence-electron chi connectivity index (χ1n) is 8.27. The summed E-state index contributed by atoms with van der Waals surface area (Å²) >= 11 is 0. The highest BCUT2D eigenvalue weighted by Crippen LogP contribution is 2.51. The minimum absolute atomic E-state index is 0.360. The fourth-order valence-electron chi connectivity index (χ4n) is 4.55. The van der Waals surface area contributed by atoms with Crippen LogP contribution in [-0.2, 0) is 11.8 Å². The zero-order chi connectivity index (χ0) is 14.0. The fraction of sp³-hybridized carbons (Fsp3) is 0.667. The summed E-state index contributed by atoms with van der Waals surface area (Å²) in [6.45, 7) is 7.51. The molecule has 0 aromatic heterocycles. The van der Waals surface area contributed by atoms with Crippen molar-refractivity contribution in [1.29, 1.82) is 0 Å². The maximum Gasteiger partial charge on any atom is 0.123 e. The zero-order valence-corrected chi connectivity index (χ0v) is 12.9. The van der Waals surface area contributed by atoms with E-state index in [1.165, 1.54) is 38.6 Å². The molecule has 1 heterocycles. The van der Waals surface area contributed by atoms with Crippen LogP contribution in [0.1, 0.15) is 50.7 Å². The first-order valence-corrected chi connectivity index (χ1v) is 8.27. The predicted octanol–water partition coefficient (Wildman–Crippen LogP) is 3.68. The molecule has 0 amide bonds. The second-order valence-electron chi connectivity index (χ2n) is 6.32. The summed E-state index contributed by atoms with van der Waals surface area (Å²) in [4.78, 5) is 0. The topological polar surface area (TPSA) is 21.3 Å². The van der Waals surface area contributed by atoms with Gasteiger partial charge in [-0.2, -0.15) is 0 Å². The molecule has 1 fully saturated rings. The van der Waals surface area contributed by atoms with Crippen LogP contribution in [0.25, 0.3) is 0 Å². The van der Waals surface area contributed by atoms with Gasteiger partial charge in [0.15, 0.2) is 0 Å². The van der Waals surface area contributed by atoms with Gasteiger partial charge in [-0.3, -0.25) is 0 Å². The van der Waals surface area contributed by atoms with Crippen LogP contribution in [0.5, 0.6) is 5.75 Å². The van der Waals surface area contributed by atoms with E-state index < -0.39 is 0 Å². The van der Waals surface area contributed by atoms with Gasteiger partial charge in [-0.15, -0.1) is 0 Å². The van der Waals surface area contributed by atoms with Gasteiger partial charge in [-0.05, 0) is 63.2 Å². The Balaban J connectivity index is 2.11. The van der Waals surface area contributed by atoms with Gasteiger partial charge in [0.1, 0.15) is 5.75 Å². The Morgan fingerprint density at radius 1 is 1.35 bits per heavy atom. The standard InChI is InChI=1S/C18H27NO/c1-3-10-18-11-12-19-13-15(18)9-8-14-6-5-7-16(17(14)18)20-4-2/h5-7,15,19H,3-4,8-13H2,1-2H3. The molecule has 0 radical (unpaired) electrons. The maximum absolute atomic E-state index is 6.00. The van der Waals surface area contributed by atoms with Crippen LogP contribution in [0.3, 0.4) is 0 Å². The van der Waals surface area contributed by atoms with Crippen LogP contribution in [0.4, 0.5) is 0 Å². The molecule has 2 atom stereocenters. The Kier molecular flexibility index (Phi) is 4.02. The van der Waals surface area contributed by atoms with E-state index in [1.807, 2.05) is 0 Å². The third-order valence-electron chi connectivity index (χ3n) is 5.29. The van der Waals surface area contributed by atoms with Gasteiger partial charge >= 0.3 is 0 Å². The quantitative estimate of drug-likeness (QED) is 0.903. The van der Waals surface area contributed by atoms with E-state index in [0.29, 0.717) is 5.41 Å². The van der Waals surface area contributed by atoms with Crippen LogP contribution in [-0.4, -0.2) is 19.7 Å². The van der Waals surface area contributed by atoms with Gasteiger partial charge in [-0.1, -0.05) is 25.5 Å². The summed E-state index contributed by atoms with van der Waals surface area (Å²) in [6, 6.07) is 6.68. The average molecular weight is 273 g/mol. The highest BCUT2D eigenvalue weighted by molar-refractivity contribution is 5.48. The molecule has 1 aliphatic carbocycles. The van der Waals surface area contributed by atoms with Crippen LogP contribution in [0, 0.1) is 5.92 Å². The van der Waals surface area contributed by atoms with Crippen molar-refractivity contribution >= 4 is 0 Å². The smallest absolute Gasteiger partial charge is 0.123 e. The summed E-state index contributed by atoms with van der Waals surface area (Å²) in [5, 5.41) is 3.61. The summed E-state index contributed by atoms with van der Waals surface area (Å²) in [5.74, 6) is 1.94. The van der Waals surface area contributed by atoms with Crippen LogP contribution in [0.15, 0.2) is 18.2 Å². The van der Waals surface area contributed by atoms with Crippen LogP contribution < -0.4 is 10.1 Å². The normalized spacial score (nSPS) is 28.6.